The van der Waals surface area contributed by atoms with Crippen LogP contribution in [-0.4, -0.2) is 35.7 Å². The molecule has 0 saturated heterocycles. The Morgan fingerprint density at radius 2 is 1.54 bits per heavy atom. The molecule has 6 nitrogen and oxygen atoms in total. The van der Waals surface area contributed by atoms with Gasteiger partial charge in [-0.15, -0.1) is 0 Å². The van der Waals surface area contributed by atoms with Crippen LogP contribution in [0.1, 0.15) is 27.0 Å². The first-order chi connectivity index (χ1) is 16.6. The highest BCUT2D eigenvalue weighted by atomic mass is 19.4. The lowest BCUT2D eigenvalue weighted by Crippen LogP contribution is -2.42. The number of aryl methyl sites for hydroxylation is 1. The minimum Gasteiger partial charge on any atom is -0.345 e. The lowest BCUT2D eigenvalue weighted by Gasteiger charge is -2.23. The summed E-state index contributed by atoms with van der Waals surface area (Å²) in [6, 6.07) is 19.8. The van der Waals surface area contributed by atoms with E-state index in [2.05, 4.69) is 10.6 Å². The normalized spacial score (nSPS) is 11.0. The van der Waals surface area contributed by atoms with Gasteiger partial charge in [0.25, 0.3) is 5.91 Å². The number of amides is 3. The molecule has 3 aromatic rings. The van der Waals surface area contributed by atoms with Gasteiger partial charge in [-0.25, -0.2) is 0 Å². The van der Waals surface area contributed by atoms with Gasteiger partial charge in [-0.05, 0) is 54.4 Å². The SMILES string of the molecule is Cc1cccc(NC(=O)CNC(=O)CN(Cc2ccccc2)C(=O)c2ccc(C(F)(F)F)cc2)c1. The molecule has 0 spiro atoms. The van der Waals surface area contributed by atoms with Gasteiger partial charge in [0.15, 0.2) is 0 Å². The molecule has 0 aliphatic heterocycles. The second-order valence-corrected chi connectivity index (χ2v) is 7.92. The maximum absolute atomic E-state index is 13.0. The van der Waals surface area contributed by atoms with Gasteiger partial charge in [-0.3, -0.25) is 14.4 Å². The zero-order valence-electron chi connectivity index (χ0n) is 18.9. The fourth-order valence-electron chi connectivity index (χ4n) is 3.32. The van der Waals surface area contributed by atoms with E-state index < -0.39 is 29.5 Å². The van der Waals surface area contributed by atoms with Crippen LogP contribution in [0, 0.1) is 6.92 Å². The Labute approximate surface area is 200 Å². The van der Waals surface area contributed by atoms with Crippen molar-refractivity contribution in [3.05, 3.63) is 101 Å². The Morgan fingerprint density at radius 3 is 2.17 bits per heavy atom. The lowest BCUT2D eigenvalue weighted by atomic mass is 10.1. The van der Waals surface area contributed by atoms with Gasteiger partial charge in [-0.2, -0.15) is 13.2 Å². The van der Waals surface area contributed by atoms with Crippen molar-refractivity contribution < 1.29 is 27.6 Å². The van der Waals surface area contributed by atoms with Crippen LogP contribution in [0.5, 0.6) is 0 Å². The molecule has 0 atom stereocenters. The minimum atomic E-state index is -4.52. The second-order valence-electron chi connectivity index (χ2n) is 7.92. The Morgan fingerprint density at radius 1 is 0.857 bits per heavy atom. The van der Waals surface area contributed by atoms with Crippen molar-refractivity contribution in [2.24, 2.45) is 0 Å². The number of anilines is 1. The second kappa shape index (κ2) is 11.3. The number of carbonyl (C=O) groups excluding carboxylic acids is 3. The quantitative estimate of drug-likeness (QED) is 0.498. The Kier molecular flexibility index (Phi) is 8.25. The average Bonchev–Trinajstić information content (AvgIpc) is 2.82. The van der Waals surface area contributed by atoms with E-state index >= 15 is 0 Å². The zero-order chi connectivity index (χ0) is 25.4. The van der Waals surface area contributed by atoms with Crippen LogP contribution in [-0.2, 0) is 22.3 Å². The molecule has 182 valence electrons. The molecule has 3 rings (SSSR count). The van der Waals surface area contributed by atoms with Crippen LogP contribution in [0.3, 0.4) is 0 Å². The third kappa shape index (κ3) is 7.70. The molecule has 0 unspecified atom stereocenters. The first-order valence-electron chi connectivity index (χ1n) is 10.8. The highest BCUT2D eigenvalue weighted by Gasteiger charge is 2.30. The molecule has 3 aromatic carbocycles. The summed E-state index contributed by atoms with van der Waals surface area (Å²) in [5.74, 6) is -1.63. The molecule has 9 heteroatoms. The molecule has 0 aliphatic rings. The van der Waals surface area contributed by atoms with E-state index in [1.54, 1.807) is 48.5 Å². The zero-order valence-corrected chi connectivity index (χ0v) is 18.9. The van der Waals surface area contributed by atoms with Crippen LogP contribution < -0.4 is 10.6 Å². The maximum atomic E-state index is 13.0. The molecule has 0 radical (unpaired) electrons. The van der Waals surface area contributed by atoms with Gasteiger partial charge in [0, 0.05) is 17.8 Å². The lowest BCUT2D eigenvalue weighted by molar-refractivity contribution is -0.137. The largest absolute Gasteiger partial charge is 0.416 e. The fourth-order valence-corrected chi connectivity index (χ4v) is 3.32. The molecule has 0 heterocycles. The summed E-state index contributed by atoms with van der Waals surface area (Å²) < 4.78 is 38.6. The number of carbonyl (C=O) groups is 3. The summed E-state index contributed by atoms with van der Waals surface area (Å²) in [5.41, 5.74) is 1.43. The van der Waals surface area contributed by atoms with Crippen molar-refractivity contribution >= 4 is 23.4 Å². The van der Waals surface area contributed by atoms with E-state index in [4.69, 9.17) is 0 Å². The molecular weight excluding hydrogens is 459 g/mol. The summed E-state index contributed by atoms with van der Waals surface area (Å²) in [6.45, 7) is 1.25. The van der Waals surface area contributed by atoms with Crippen LogP contribution in [0.2, 0.25) is 0 Å². The first kappa shape index (κ1) is 25.5. The van der Waals surface area contributed by atoms with Gasteiger partial charge in [-0.1, -0.05) is 42.5 Å². The predicted octanol–water partition coefficient (Wildman–Crippen LogP) is 4.41. The van der Waals surface area contributed by atoms with Gasteiger partial charge in [0.1, 0.15) is 6.54 Å². The summed E-state index contributed by atoms with van der Waals surface area (Å²) in [6.07, 6.45) is -4.52. The number of alkyl halides is 3. The number of rotatable bonds is 8. The standard InChI is InChI=1S/C26H24F3N3O3/c1-18-6-5-9-22(14-18)31-23(33)15-30-24(34)17-32(16-19-7-3-2-4-8-19)25(35)20-10-12-21(13-11-20)26(27,28)29/h2-14H,15-17H2,1H3,(H,30,34)(H,31,33). The molecule has 2 N–H and O–H groups in total. The van der Waals surface area contributed by atoms with Crippen LogP contribution in [0.15, 0.2) is 78.9 Å². The van der Waals surface area contributed by atoms with Gasteiger partial charge in [0.2, 0.25) is 11.8 Å². The van der Waals surface area contributed by atoms with E-state index in [1.165, 1.54) is 4.90 Å². The van der Waals surface area contributed by atoms with Crippen LogP contribution in [0.4, 0.5) is 18.9 Å². The van der Waals surface area contributed by atoms with Crippen molar-refractivity contribution in [2.45, 2.75) is 19.6 Å². The number of hydrogen-bond donors (Lipinski definition) is 2. The third-order valence-electron chi connectivity index (χ3n) is 5.05. The number of benzene rings is 3. The van der Waals surface area contributed by atoms with E-state index in [9.17, 15) is 27.6 Å². The smallest absolute Gasteiger partial charge is 0.345 e. The van der Waals surface area contributed by atoms with Crippen molar-refractivity contribution in [1.82, 2.24) is 10.2 Å². The number of nitrogens with one attached hydrogen (secondary N) is 2. The van der Waals surface area contributed by atoms with E-state index in [0.29, 0.717) is 5.69 Å². The molecule has 0 saturated carbocycles. The van der Waals surface area contributed by atoms with Gasteiger partial charge < -0.3 is 15.5 Å². The van der Waals surface area contributed by atoms with Crippen molar-refractivity contribution in [1.29, 1.82) is 0 Å². The maximum Gasteiger partial charge on any atom is 0.416 e. The third-order valence-corrected chi connectivity index (χ3v) is 5.05. The van der Waals surface area contributed by atoms with Gasteiger partial charge >= 0.3 is 6.18 Å². The molecule has 0 aliphatic carbocycles. The molecule has 3 amide bonds. The molecule has 0 aromatic heterocycles. The minimum absolute atomic E-state index is 0.0129. The van der Waals surface area contributed by atoms with E-state index in [1.807, 2.05) is 13.0 Å². The number of hydrogen-bond acceptors (Lipinski definition) is 3. The average molecular weight is 483 g/mol. The van der Waals surface area contributed by atoms with Crippen molar-refractivity contribution in [2.75, 3.05) is 18.4 Å². The molecule has 35 heavy (non-hydrogen) atoms. The number of nitrogens with zero attached hydrogens (tertiary/aromatic N) is 1. The molecule has 0 bridgehead atoms. The molecule has 0 fully saturated rings. The van der Waals surface area contributed by atoms with E-state index in [-0.39, 0.29) is 25.2 Å². The van der Waals surface area contributed by atoms with Gasteiger partial charge in [0.05, 0.1) is 12.1 Å². The molecular formula is C26H24F3N3O3. The van der Waals surface area contributed by atoms with Crippen molar-refractivity contribution in [3.8, 4) is 0 Å². The summed E-state index contributed by atoms with van der Waals surface area (Å²) in [4.78, 5) is 39.0. The summed E-state index contributed by atoms with van der Waals surface area (Å²) in [7, 11) is 0. The fraction of sp³-hybridized carbons (Fsp3) is 0.192. The topological polar surface area (TPSA) is 78.5 Å². The Hall–Kier alpha value is -4.14. The number of halogens is 3. The van der Waals surface area contributed by atoms with Crippen molar-refractivity contribution in [3.63, 3.8) is 0 Å². The monoisotopic (exact) mass is 483 g/mol. The van der Waals surface area contributed by atoms with Crippen LogP contribution >= 0.6 is 0 Å². The predicted molar refractivity (Wildman–Crippen MR) is 125 cm³/mol. The van der Waals surface area contributed by atoms with E-state index in [0.717, 1.165) is 35.4 Å². The summed E-state index contributed by atoms with van der Waals surface area (Å²) in [5, 5.41) is 5.15. The Balaban J connectivity index is 1.66. The highest BCUT2D eigenvalue weighted by molar-refractivity contribution is 5.98. The highest BCUT2D eigenvalue weighted by Crippen LogP contribution is 2.29. The summed E-state index contributed by atoms with van der Waals surface area (Å²) >= 11 is 0. The van der Waals surface area contributed by atoms with Crippen LogP contribution in [0.25, 0.3) is 0 Å². The first-order valence-corrected chi connectivity index (χ1v) is 10.8. The Bertz CT molecular complexity index is 1180.